The highest BCUT2D eigenvalue weighted by Crippen LogP contribution is 2.30. The minimum atomic E-state index is 0.473. The predicted molar refractivity (Wildman–Crippen MR) is 77.2 cm³/mol. The van der Waals surface area contributed by atoms with Gasteiger partial charge in [0.1, 0.15) is 10.7 Å². The fourth-order valence-corrected chi connectivity index (χ4v) is 2.27. The number of anilines is 2. The van der Waals surface area contributed by atoms with Crippen LogP contribution in [0.5, 0.6) is 5.88 Å². The Balaban J connectivity index is 1.86. The van der Waals surface area contributed by atoms with Gasteiger partial charge < -0.3 is 10.1 Å². The van der Waals surface area contributed by atoms with Gasteiger partial charge in [-0.25, -0.2) is 0 Å². The maximum atomic E-state index is 4.97. The second-order valence-electron chi connectivity index (χ2n) is 3.90. The third-order valence-electron chi connectivity index (χ3n) is 2.63. The Labute approximate surface area is 119 Å². The van der Waals surface area contributed by atoms with Crippen LogP contribution < -0.4 is 10.1 Å². The standard InChI is InChI=1S/C13H11N5OS/c1-19-11-8-7-10(15-16-11)14-13-12(17-18-20-13)9-5-3-2-4-6-9/h2-8H,1H3,(H,14,15). The van der Waals surface area contributed by atoms with Gasteiger partial charge in [-0.05, 0) is 6.07 Å². The van der Waals surface area contributed by atoms with E-state index in [1.165, 1.54) is 11.5 Å². The average Bonchev–Trinajstić information content (AvgIpc) is 2.97. The molecule has 0 radical (unpaired) electrons. The molecule has 0 amide bonds. The van der Waals surface area contributed by atoms with E-state index in [9.17, 15) is 0 Å². The van der Waals surface area contributed by atoms with E-state index in [0.717, 1.165) is 16.3 Å². The van der Waals surface area contributed by atoms with Crippen molar-refractivity contribution >= 4 is 22.4 Å². The van der Waals surface area contributed by atoms with Gasteiger partial charge in [0.05, 0.1) is 7.11 Å². The Kier molecular flexibility index (Phi) is 3.51. The fourth-order valence-electron chi connectivity index (χ4n) is 1.67. The minimum Gasteiger partial charge on any atom is -0.480 e. The van der Waals surface area contributed by atoms with Crippen molar-refractivity contribution in [3.63, 3.8) is 0 Å². The van der Waals surface area contributed by atoms with Crippen LogP contribution >= 0.6 is 11.5 Å². The quantitative estimate of drug-likeness (QED) is 0.794. The van der Waals surface area contributed by atoms with Gasteiger partial charge in [0, 0.05) is 23.2 Å². The first-order chi connectivity index (χ1) is 9.86. The lowest BCUT2D eigenvalue weighted by atomic mass is 10.2. The zero-order valence-electron chi connectivity index (χ0n) is 10.6. The van der Waals surface area contributed by atoms with Gasteiger partial charge >= 0.3 is 0 Å². The highest BCUT2D eigenvalue weighted by Gasteiger charge is 2.11. The molecule has 2 heterocycles. The molecule has 0 aliphatic heterocycles. The van der Waals surface area contributed by atoms with E-state index in [-0.39, 0.29) is 0 Å². The molecule has 3 aromatic rings. The number of hydrogen-bond donors (Lipinski definition) is 1. The van der Waals surface area contributed by atoms with Crippen molar-refractivity contribution in [1.82, 2.24) is 19.8 Å². The largest absolute Gasteiger partial charge is 0.480 e. The number of methoxy groups -OCH3 is 1. The Hall–Kier alpha value is -2.54. The van der Waals surface area contributed by atoms with Crippen LogP contribution in [0.4, 0.5) is 10.8 Å². The van der Waals surface area contributed by atoms with Crippen LogP contribution in [0.2, 0.25) is 0 Å². The van der Waals surface area contributed by atoms with E-state index in [1.54, 1.807) is 19.2 Å². The lowest BCUT2D eigenvalue weighted by molar-refractivity contribution is 0.392. The number of rotatable bonds is 4. The summed E-state index contributed by atoms with van der Waals surface area (Å²) in [6.45, 7) is 0. The zero-order chi connectivity index (χ0) is 13.8. The molecule has 100 valence electrons. The van der Waals surface area contributed by atoms with Crippen LogP contribution in [0.25, 0.3) is 11.3 Å². The molecule has 0 bridgehead atoms. The van der Waals surface area contributed by atoms with Crippen LogP contribution in [0.3, 0.4) is 0 Å². The van der Waals surface area contributed by atoms with Gasteiger partial charge in [-0.1, -0.05) is 34.8 Å². The van der Waals surface area contributed by atoms with Crippen LogP contribution in [-0.2, 0) is 0 Å². The number of hydrogen-bond acceptors (Lipinski definition) is 7. The molecule has 0 saturated heterocycles. The fraction of sp³-hybridized carbons (Fsp3) is 0.0769. The SMILES string of the molecule is COc1ccc(Nc2snnc2-c2ccccc2)nn1. The molecule has 20 heavy (non-hydrogen) atoms. The first-order valence-electron chi connectivity index (χ1n) is 5.89. The summed E-state index contributed by atoms with van der Waals surface area (Å²) < 4.78 is 8.96. The summed E-state index contributed by atoms with van der Waals surface area (Å²) in [5.74, 6) is 1.09. The molecule has 0 saturated carbocycles. The summed E-state index contributed by atoms with van der Waals surface area (Å²) in [4.78, 5) is 0. The summed E-state index contributed by atoms with van der Waals surface area (Å²) in [5.41, 5.74) is 1.80. The van der Waals surface area contributed by atoms with Crippen LogP contribution in [0.15, 0.2) is 42.5 Å². The topological polar surface area (TPSA) is 72.8 Å². The van der Waals surface area contributed by atoms with Crippen molar-refractivity contribution in [3.05, 3.63) is 42.5 Å². The number of nitrogens with one attached hydrogen (secondary N) is 1. The van der Waals surface area contributed by atoms with E-state index in [1.807, 2.05) is 30.3 Å². The van der Waals surface area contributed by atoms with Gasteiger partial charge in [0.15, 0.2) is 5.82 Å². The molecular formula is C13H11N5OS. The molecule has 2 aromatic heterocycles. The van der Waals surface area contributed by atoms with Crippen LogP contribution in [-0.4, -0.2) is 26.9 Å². The molecule has 0 fully saturated rings. The zero-order valence-corrected chi connectivity index (χ0v) is 11.5. The molecule has 3 rings (SSSR count). The smallest absolute Gasteiger partial charge is 0.233 e. The Bertz CT molecular complexity index is 683. The second kappa shape index (κ2) is 5.62. The molecule has 1 N–H and O–H groups in total. The van der Waals surface area contributed by atoms with Gasteiger partial charge in [-0.15, -0.1) is 15.3 Å². The number of benzene rings is 1. The Morgan fingerprint density at radius 1 is 1.00 bits per heavy atom. The van der Waals surface area contributed by atoms with Crippen molar-refractivity contribution in [1.29, 1.82) is 0 Å². The molecule has 0 unspecified atom stereocenters. The van der Waals surface area contributed by atoms with Crippen LogP contribution in [0, 0.1) is 0 Å². The van der Waals surface area contributed by atoms with Gasteiger partial charge in [-0.2, -0.15) is 0 Å². The molecule has 0 aliphatic rings. The van der Waals surface area contributed by atoms with Crippen molar-refractivity contribution in [2.45, 2.75) is 0 Å². The first-order valence-corrected chi connectivity index (χ1v) is 6.66. The first kappa shape index (κ1) is 12.5. The molecule has 0 aliphatic carbocycles. The number of aromatic nitrogens is 4. The molecule has 0 atom stereocenters. The van der Waals surface area contributed by atoms with Gasteiger partial charge in [-0.3, -0.25) is 0 Å². The lowest BCUT2D eigenvalue weighted by Crippen LogP contribution is -1.96. The summed E-state index contributed by atoms with van der Waals surface area (Å²) in [7, 11) is 1.55. The lowest BCUT2D eigenvalue weighted by Gasteiger charge is -2.04. The summed E-state index contributed by atoms with van der Waals surface area (Å²) >= 11 is 1.28. The van der Waals surface area contributed by atoms with Crippen molar-refractivity contribution in [2.24, 2.45) is 0 Å². The van der Waals surface area contributed by atoms with E-state index in [0.29, 0.717) is 11.7 Å². The summed E-state index contributed by atoms with van der Waals surface area (Å²) in [5, 5.41) is 16.1. The third kappa shape index (κ3) is 2.57. The van der Waals surface area contributed by atoms with Gasteiger partial charge in [0.2, 0.25) is 5.88 Å². The monoisotopic (exact) mass is 285 g/mol. The second-order valence-corrected chi connectivity index (χ2v) is 4.66. The highest BCUT2D eigenvalue weighted by molar-refractivity contribution is 7.10. The third-order valence-corrected chi connectivity index (χ3v) is 3.27. The summed E-state index contributed by atoms with van der Waals surface area (Å²) in [6.07, 6.45) is 0. The molecule has 6 nitrogen and oxygen atoms in total. The van der Waals surface area contributed by atoms with Crippen molar-refractivity contribution < 1.29 is 4.74 Å². The van der Waals surface area contributed by atoms with Crippen molar-refractivity contribution in [3.8, 4) is 17.1 Å². The molecular weight excluding hydrogens is 274 g/mol. The summed E-state index contributed by atoms with van der Waals surface area (Å²) in [6, 6.07) is 13.4. The van der Waals surface area contributed by atoms with E-state index in [2.05, 4.69) is 25.1 Å². The van der Waals surface area contributed by atoms with E-state index < -0.39 is 0 Å². The van der Waals surface area contributed by atoms with Crippen LogP contribution in [0.1, 0.15) is 0 Å². The van der Waals surface area contributed by atoms with E-state index in [4.69, 9.17) is 4.74 Å². The predicted octanol–water partition coefficient (Wildman–Crippen LogP) is 2.75. The Morgan fingerprint density at radius 3 is 2.55 bits per heavy atom. The molecule has 0 spiro atoms. The molecule has 1 aromatic carbocycles. The number of ether oxygens (including phenoxy) is 1. The Morgan fingerprint density at radius 2 is 1.85 bits per heavy atom. The highest BCUT2D eigenvalue weighted by atomic mass is 32.1. The minimum absolute atomic E-state index is 0.473. The maximum Gasteiger partial charge on any atom is 0.233 e. The average molecular weight is 285 g/mol. The van der Waals surface area contributed by atoms with Crippen molar-refractivity contribution in [2.75, 3.05) is 12.4 Å². The van der Waals surface area contributed by atoms with E-state index >= 15 is 0 Å². The normalized spacial score (nSPS) is 10.2. The van der Waals surface area contributed by atoms with Gasteiger partial charge in [0.25, 0.3) is 0 Å². The molecule has 7 heteroatoms. The number of nitrogens with zero attached hydrogens (tertiary/aromatic N) is 4. The maximum absolute atomic E-state index is 4.97.